The number of carbonyl (C=O) groups is 1. The van der Waals surface area contributed by atoms with E-state index in [4.69, 9.17) is 11.6 Å². The molecule has 1 amide bonds. The summed E-state index contributed by atoms with van der Waals surface area (Å²) < 4.78 is 13.3. The first-order chi connectivity index (χ1) is 7.45. The molecule has 88 valence electrons. The van der Waals surface area contributed by atoms with Crippen LogP contribution < -0.4 is 0 Å². The summed E-state index contributed by atoms with van der Waals surface area (Å²) in [5.74, 6) is -0.311. The van der Waals surface area contributed by atoms with Gasteiger partial charge in [0.15, 0.2) is 0 Å². The minimum Gasteiger partial charge on any atom is -0.341 e. The first-order valence-corrected chi connectivity index (χ1v) is 5.76. The van der Waals surface area contributed by atoms with Crippen LogP contribution in [0.2, 0.25) is 5.02 Å². The zero-order valence-corrected chi connectivity index (χ0v) is 10.8. The minimum atomic E-state index is -0.314. The number of hydrogen-bond acceptors (Lipinski definition) is 2. The molecule has 0 aliphatic heterocycles. The van der Waals surface area contributed by atoms with E-state index in [-0.39, 0.29) is 24.0 Å². The van der Waals surface area contributed by atoms with Crippen LogP contribution in [-0.4, -0.2) is 23.6 Å². The summed E-state index contributed by atoms with van der Waals surface area (Å²) in [4.78, 5) is 12.8. The van der Waals surface area contributed by atoms with Crippen LogP contribution in [0.25, 0.3) is 0 Å². The normalized spacial score (nSPS) is 10.3. The van der Waals surface area contributed by atoms with Gasteiger partial charge in [0.25, 0.3) is 0 Å². The van der Waals surface area contributed by atoms with Crippen molar-refractivity contribution >= 4 is 30.1 Å². The molecule has 0 bridgehead atoms. The Morgan fingerprint density at radius 3 is 2.75 bits per heavy atom. The van der Waals surface area contributed by atoms with E-state index in [1.165, 1.54) is 11.0 Å². The average Bonchev–Trinajstić information content (AvgIpc) is 2.24. The SMILES string of the molecule is Cc1cc(Cl)c(CN(C)C(=O)CS)cc1F. The summed E-state index contributed by atoms with van der Waals surface area (Å²) in [5, 5.41) is 0.470. The van der Waals surface area contributed by atoms with Crippen molar-refractivity contribution in [1.29, 1.82) is 0 Å². The van der Waals surface area contributed by atoms with Gasteiger partial charge in [0.05, 0.1) is 5.75 Å². The highest BCUT2D eigenvalue weighted by Crippen LogP contribution is 2.21. The number of benzene rings is 1. The monoisotopic (exact) mass is 261 g/mol. The summed E-state index contributed by atoms with van der Waals surface area (Å²) in [7, 11) is 1.63. The largest absolute Gasteiger partial charge is 0.341 e. The van der Waals surface area contributed by atoms with E-state index in [1.807, 2.05) is 0 Å². The number of halogens is 2. The van der Waals surface area contributed by atoms with E-state index in [9.17, 15) is 9.18 Å². The molecule has 1 aromatic rings. The van der Waals surface area contributed by atoms with Crippen molar-refractivity contribution in [3.63, 3.8) is 0 Å². The van der Waals surface area contributed by atoms with Crippen molar-refractivity contribution in [2.45, 2.75) is 13.5 Å². The Kier molecular flexibility index (Phi) is 4.62. The Hall–Kier alpha value is -0.740. The van der Waals surface area contributed by atoms with Gasteiger partial charge in [0.2, 0.25) is 5.91 Å². The molecule has 1 rings (SSSR count). The van der Waals surface area contributed by atoms with E-state index in [2.05, 4.69) is 12.6 Å². The Morgan fingerprint density at radius 2 is 2.19 bits per heavy atom. The third kappa shape index (κ3) is 3.12. The third-order valence-electron chi connectivity index (χ3n) is 2.30. The van der Waals surface area contributed by atoms with Gasteiger partial charge in [-0.05, 0) is 30.2 Å². The predicted molar refractivity (Wildman–Crippen MR) is 66.5 cm³/mol. The van der Waals surface area contributed by atoms with Crippen molar-refractivity contribution in [1.82, 2.24) is 4.90 Å². The summed E-state index contributed by atoms with van der Waals surface area (Å²) in [5.41, 5.74) is 1.10. The first-order valence-electron chi connectivity index (χ1n) is 4.75. The number of carbonyl (C=O) groups excluding carboxylic acids is 1. The van der Waals surface area contributed by atoms with Crippen LogP contribution in [0.15, 0.2) is 12.1 Å². The van der Waals surface area contributed by atoms with Crippen LogP contribution in [-0.2, 0) is 11.3 Å². The van der Waals surface area contributed by atoms with E-state index < -0.39 is 0 Å². The fourth-order valence-corrected chi connectivity index (χ4v) is 1.79. The van der Waals surface area contributed by atoms with Crippen molar-refractivity contribution in [3.05, 3.63) is 34.1 Å². The van der Waals surface area contributed by atoms with Gasteiger partial charge in [-0.2, -0.15) is 12.6 Å². The Morgan fingerprint density at radius 1 is 1.56 bits per heavy atom. The second-order valence-corrected chi connectivity index (χ2v) is 4.32. The van der Waals surface area contributed by atoms with Crippen LogP contribution in [0, 0.1) is 12.7 Å². The molecular weight excluding hydrogens is 249 g/mol. The number of thiol groups is 1. The molecule has 16 heavy (non-hydrogen) atoms. The lowest BCUT2D eigenvalue weighted by atomic mass is 10.1. The molecule has 0 fully saturated rings. The number of aryl methyl sites for hydroxylation is 1. The number of amides is 1. The molecule has 1 aromatic carbocycles. The standard InChI is InChI=1S/C11H13ClFNOS/c1-7-3-9(12)8(4-10(7)13)5-14(2)11(15)6-16/h3-4,16H,5-6H2,1-2H3. The maximum Gasteiger partial charge on any atom is 0.232 e. The average molecular weight is 262 g/mol. The zero-order valence-electron chi connectivity index (χ0n) is 9.13. The van der Waals surface area contributed by atoms with Gasteiger partial charge in [-0.25, -0.2) is 4.39 Å². The van der Waals surface area contributed by atoms with Gasteiger partial charge >= 0.3 is 0 Å². The lowest BCUT2D eigenvalue weighted by Crippen LogP contribution is -2.27. The van der Waals surface area contributed by atoms with Gasteiger partial charge in [-0.15, -0.1) is 0 Å². The first kappa shape index (κ1) is 13.3. The molecule has 2 nitrogen and oxygen atoms in total. The summed E-state index contributed by atoms with van der Waals surface area (Å²) in [6.45, 7) is 1.93. The fourth-order valence-electron chi connectivity index (χ4n) is 1.27. The van der Waals surface area contributed by atoms with Crippen molar-refractivity contribution in [2.24, 2.45) is 0 Å². The third-order valence-corrected chi connectivity index (χ3v) is 2.92. The van der Waals surface area contributed by atoms with Crippen LogP contribution in [0.1, 0.15) is 11.1 Å². The van der Waals surface area contributed by atoms with Gasteiger partial charge in [-0.1, -0.05) is 11.6 Å². The summed E-state index contributed by atoms with van der Waals surface area (Å²) in [6.07, 6.45) is 0. The molecule has 0 aromatic heterocycles. The Balaban J connectivity index is 2.89. The van der Waals surface area contributed by atoms with Gasteiger partial charge in [0, 0.05) is 18.6 Å². The lowest BCUT2D eigenvalue weighted by Gasteiger charge is -2.17. The van der Waals surface area contributed by atoms with Crippen LogP contribution >= 0.6 is 24.2 Å². The molecule has 0 heterocycles. The minimum absolute atomic E-state index is 0.125. The maximum absolute atomic E-state index is 13.3. The van der Waals surface area contributed by atoms with Crippen LogP contribution in [0.4, 0.5) is 4.39 Å². The number of hydrogen-bond donors (Lipinski definition) is 1. The molecule has 5 heteroatoms. The molecule has 0 saturated carbocycles. The molecule has 0 aliphatic rings. The molecule has 0 aliphatic carbocycles. The highest BCUT2D eigenvalue weighted by atomic mass is 35.5. The molecule has 0 radical (unpaired) electrons. The molecule has 0 spiro atoms. The lowest BCUT2D eigenvalue weighted by molar-refractivity contribution is -0.127. The molecular formula is C11H13ClFNOS. The fraction of sp³-hybridized carbons (Fsp3) is 0.364. The van der Waals surface area contributed by atoms with Crippen molar-refractivity contribution < 1.29 is 9.18 Å². The van der Waals surface area contributed by atoms with E-state index in [0.29, 0.717) is 16.1 Å². The van der Waals surface area contributed by atoms with Crippen molar-refractivity contribution in [2.75, 3.05) is 12.8 Å². The van der Waals surface area contributed by atoms with Crippen LogP contribution in [0.5, 0.6) is 0 Å². The predicted octanol–water partition coefficient (Wildman–Crippen LogP) is 2.68. The highest BCUT2D eigenvalue weighted by molar-refractivity contribution is 7.81. The zero-order chi connectivity index (χ0) is 12.3. The number of nitrogens with zero attached hydrogens (tertiary/aromatic N) is 1. The summed E-state index contributed by atoms with van der Waals surface area (Å²) in [6, 6.07) is 2.92. The van der Waals surface area contributed by atoms with E-state index in [0.717, 1.165) is 0 Å². The maximum atomic E-state index is 13.3. The second kappa shape index (κ2) is 5.55. The van der Waals surface area contributed by atoms with E-state index >= 15 is 0 Å². The Bertz CT molecular complexity index is 411. The smallest absolute Gasteiger partial charge is 0.232 e. The van der Waals surface area contributed by atoms with Gasteiger partial charge < -0.3 is 4.90 Å². The summed E-state index contributed by atoms with van der Waals surface area (Å²) >= 11 is 9.86. The van der Waals surface area contributed by atoms with E-state index in [1.54, 1.807) is 20.0 Å². The van der Waals surface area contributed by atoms with Gasteiger partial charge in [-0.3, -0.25) is 4.79 Å². The molecule has 0 saturated heterocycles. The Labute approximate surface area is 105 Å². The topological polar surface area (TPSA) is 20.3 Å². The molecule has 0 unspecified atom stereocenters. The second-order valence-electron chi connectivity index (χ2n) is 3.60. The van der Waals surface area contributed by atoms with Gasteiger partial charge in [0.1, 0.15) is 5.82 Å². The number of rotatable bonds is 3. The molecule has 0 N–H and O–H groups in total. The quantitative estimate of drug-likeness (QED) is 0.830. The van der Waals surface area contributed by atoms with Crippen molar-refractivity contribution in [3.8, 4) is 0 Å². The van der Waals surface area contributed by atoms with Crippen LogP contribution in [0.3, 0.4) is 0 Å². The molecule has 0 atom stereocenters. The highest BCUT2D eigenvalue weighted by Gasteiger charge is 2.11.